The summed E-state index contributed by atoms with van der Waals surface area (Å²) in [5, 5.41) is 9.09. The SMILES string of the molecule is COc1cc2c(cc1C(N)CO)OC(C)C2. The van der Waals surface area contributed by atoms with Gasteiger partial charge in [-0.2, -0.15) is 0 Å². The average molecular weight is 223 g/mol. The lowest BCUT2D eigenvalue weighted by atomic mass is 10.0. The van der Waals surface area contributed by atoms with Gasteiger partial charge < -0.3 is 20.3 Å². The molecule has 0 radical (unpaired) electrons. The molecule has 1 aliphatic rings. The summed E-state index contributed by atoms with van der Waals surface area (Å²) in [5.74, 6) is 1.57. The minimum absolute atomic E-state index is 0.106. The molecule has 0 fully saturated rings. The average Bonchev–Trinajstić information content (AvgIpc) is 2.65. The molecule has 2 atom stereocenters. The number of rotatable bonds is 3. The molecule has 16 heavy (non-hydrogen) atoms. The molecular weight excluding hydrogens is 206 g/mol. The minimum atomic E-state index is -0.431. The number of hydrogen-bond donors (Lipinski definition) is 2. The van der Waals surface area contributed by atoms with E-state index >= 15 is 0 Å². The molecule has 4 heteroatoms. The number of aliphatic hydroxyl groups is 1. The fraction of sp³-hybridized carbons (Fsp3) is 0.500. The van der Waals surface area contributed by atoms with Crippen LogP contribution in [0.1, 0.15) is 24.1 Å². The van der Waals surface area contributed by atoms with Crippen LogP contribution in [-0.2, 0) is 6.42 Å². The van der Waals surface area contributed by atoms with Gasteiger partial charge in [0.15, 0.2) is 0 Å². The first-order valence-electron chi connectivity index (χ1n) is 5.39. The Morgan fingerprint density at radius 1 is 1.62 bits per heavy atom. The lowest BCUT2D eigenvalue weighted by Gasteiger charge is -2.15. The van der Waals surface area contributed by atoms with Crippen LogP contribution in [-0.4, -0.2) is 24.9 Å². The van der Waals surface area contributed by atoms with Crippen molar-refractivity contribution in [3.8, 4) is 11.5 Å². The Morgan fingerprint density at radius 2 is 2.38 bits per heavy atom. The fourth-order valence-electron chi connectivity index (χ4n) is 2.02. The summed E-state index contributed by atoms with van der Waals surface area (Å²) >= 11 is 0. The van der Waals surface area contributed by atoms with Crippen molar-refractivity contribution in [2.75, 3.05) is 13.7 Å². The molecule has 0 amide bonds. The van der Waals surface area contributed by atoms with E-state index in [1.54, 1.807) is 7.11 Å². The summed E-state index contributed by atoms with van der Waals surface area (Å²) in [6.45, 7) is 1.92. The molecule has 1 aromatic rings. The van der Waals surface area contributed by atoms with Gasteiger partial charge in [0.1, 0.15) is 17.6 Å². The van der Waals surface area contributed by atoms with Crippen LogP contribution in [0.5, 0.6) is 11.5 Å². The maximum Gasteiger partial charge on any atom is 0.124 e. The molecule has 2 unspecified atom stereocenters. The normalized spacial score (nSPS) is 20.1. The second-order valence-electron chi connectivity index (χ2n) is 4.12. The molecule has 1 aliphatic heterocycles. The molecule has 0 aromatic heterocycles. The van der Waals surface area contributed by atoms with Crippen molar-refractivity contribution in [3.05, 3.63) is 23.3 Å². The molecule has 0 aliphatic carbocycles. The van der Waals surface area contributed by atoms with Crippen molar-refractivity contribution in [2.24, 2.45) is 5.73 Å². The van der Waals surface area contributed by atoms with E-state index in [9.17, 15) is 0 Å². The summed E-state index contributed by atoms with van der Waals surface area (Å²) in [7, 11) is 1.61. The summed E-state index contributed by atoms with van der Waals surface area (Å²) < 4.78 is 10.9. The minimum Gasteiger partial charge on any atom is -0.496 e. The largest absolute Gasteiger partial charge is 0.496 e. The standard InChI is InChI=1S/C12H17NO3/c1-7-3-8-4-12(15-2)9(10(13)6-14)5-11(8)16-7/h4-5,7,10,14H,3,6,13H2,1-2H3. The van der Waals surface area contributed by atoms with E-state index in [2.05, 4.69) is 0 Å². The predicted molar refractivity (Wildman–Crippen MR) is 60.8 cm³/mol. The third kappa shape index (κ3) is 1.86. The van der Waals surface area contributed by atoms with Crippen LogP contribution in [0.15, 0.2) is 12.1 Å². The summed E-state index contributed by atoms with van der Waals surface area (Å²) in [4.78, 5) is 0. The van der Waals surface area contributed by atoms with Gasteiger partial charge in [0, 0.05) is 17.5 Å². The number of ether oxygens (including phenoxy) is 2. The highest BCUT2D eigenvalue weighted by atomic mass is 16.5. The van der Waals surface area contributed by atoms with Crippen LogP contribution in [0.3, 0.4) is 0 Å². The van der Waals surface area contributed by atoms with Gasteiger partial charge in [0.25, 0.3) is 0 Å². The molecule has 88 valence electrons. The van der Waals surface area contributed by atoms with Crippen LogP contribution in [0.25, 0.3) is 0 Å². The lowest BCUT2D eigenvalue weighted by Crippen LogP contribution is -2.15. The van der Waals surface area contributed by atoms with Gasteiger partial charge >= 0.3 is 0 Å². The van der Waals surface area contributed by atoms with Gasteiger partial charge in [-0.25, -0.2) is 0 Å². The van der Waals surface area contributed by atoms with Crippen molar-refractivity contribution >= 4 is 0 Å². The summed E-state index contributed by atoms with van der Waals surface area (Å²) in [6, 6.07) is 3.39. The number of fused-ring (bicyclic) bond motifs is 1. The third-order valence-electron chi connectivity index (χ3n) is 2.84. The Morgan fingerprint density at radius 3 is 3.00 bits per heavy atom. The number of hydrogen-bond acceptors (Lipinski definition) is 4. The fourth-order valence-corrected chi connectivity index (χ4v) is 2.02. The van der Waals surface area contributed by atoms with Crippen molar-refractivity contribution < 1.29 is 14.6 Å². The van der Waals surface area contributed by atoms with E-state index in [4.69, 9.17) is 20.3 Å². The number of aliphatic hydroxyl groups excluding tert-OH is 1. The molecular formula is C12H17NO3. The molecule has 3 N–H and O–H groups in total. The van der Waals surface area contributed by atoms with E-state index in [1.807, 2.05) is 19.1 Å². The van der Waals surface area contributed by atoms with Crippen LogP contribution in [0.4, 0.5) is 0 Å². The summed E-state index contributed by atoms with van der Waals surface area (Å²) in [5.41, 5.74) is 7.74. The quantitative estimate of drug-likeness (QED) is 0.802. The van der Waals surface area contributed by atoms with E-state index in [-0.39, 0.29) is 12.7 Å². The molecule has 0 spiro atoms. The smallest absolute Gasteiger partial charge is 0.124 e. The van der Waals surface area contributed by atoms with Crippen LogP contribution in [0.2, 0.25) is 0 Å². The highest BCUT2D eigenvalue weighted by Crippen LogP contribution is 2.36. The predicted octanol–water partition coefficient (Wildman–Crippen LogP) is 1.01. The van der Waals surface area contributed by atoms with Gasteiger partial charge in [-0.3, -0.25) is 0 Å². The Labute approximate surface area is 95.0 Å². The third-order valence-corrected chi connectivity index (χ3v) is 2.84. The Kier molecular flexibility index (Phi) is 3.03. The zero-order valence-corrected chi connectivity index (χ0v) is 9.56. The number of benzene rings is 1. The molecule has 0 bridgehead atoms. The first-order valence-corrected chi connectivity index (χ1v) is 5.39. The van der Waals surface area contributed by atoms with Crippen molar-refractivity contribution in [1.29, 1.82) is 0 Å². The molecule has 2 rings (SSSR count). The monoisotopic (exact) mass is 223 g/mol. The summed E-state index contributed by atoms with van der Waals surface area (Å²) in [6.07, 6.45) is 1.08. The van der Waals surface area contributed by atoms with E-state index in [0.29, 0.717) is 0 Å². The van der Waals surface area contributed by atoms with Gasteiger partial charge in [-0.05, 0) is 19.1 Å². The zero-order chi connectivity index (χ0) is 11.7. The van der Waals surface area contributed by atoms with Crippen LogP contribution >= 0.6 is 0 Å². The Bertz CT molecular complexity index is 392. The van der Waals surface area contributed by atoms with Gasteiger partial charge in [0.05, 0.1) is 19.8 Å². The number of methoxy groups -OCH3 is 1. The van der Waals surface area contributed by atoms with Crippen molar-refractivity contribution in [3.63, 3.8) is 0 Å². The zero-order valence-electron chi connectivity index (χ0n) is 9.56. The second kappa shape index (κ2) is 4.31. The van der Waals surface area contributed by atoms with Crippen molar-refractivity contribution in [2.45, 2.75) is 25.5 Å². The van der Waals surface area contributed by atoms with Gasteiger partial charge in [-0.15, -0.1) is 0 Å². The molecule has 1 aromatic carbocycles. The maximum atomic E-state index is 9.09. The van der Waals surface area contributed by atoms with Crippen LogP contribution in [0, 0.1) is 0 Å². The van der Waals surface area contributed by atoms with Crippen LogP contribution < -0.4 is 15.2 Å². The van der Waals surface area contributed by atoms with Gasteiger partial charge in [-0.1, -0.05) is 0 Å². The Balaban J connectivity index is 2.42. The molecule has 0 saturated heterocycles. The molecule has 4 nitrogen and oxygen atoms in total. The molecule has 0 saturated carbocycles. The van der Waals surface area contributed by atoms with E-state index in [0.717, 1.165) is 29.0 Å². The number of nitrogens with two attached hydrogens (primary N) is 1. The highest BCUT2D eigenvalue weighted by Gasteiger charge is 2.23. The topological polar surface area (TPSA) is 64.7 Å². The maximum absolute atomic E-state index is 9.09. The lowest BCUT2D eigenvalue weighted by molar-refractivity contribution is 0.252. The highest BCUT2D eigenvalue weighted by molar-refractivity contribution is 5.49. The van der Waals surface area contributed by atoms with Gasteiger partial charge in [0.2, 0.25) is 0 Å². The Hall–Kier alpha value is -1.26. The first kappa shape index (κ1) is 11.2. The molecule has 1 heterocycles. The second-order valence-corrected chi connectivity index (χ2v) is 4.12. The first-order chi connectivity index (χ1) is 7.65. The van der Waals surface area contributed by atoms with Crippen molar-refractivity contribution in [1.82, 2.24) is 0 Å². The van der Waals surface area contributed by atoms with E-state index in [1.165, 1.54) is 0 Å². The van der Waals surface area contributed by atoms with E-state index < -0.39 is 6.04 Å².